The van der Waals surface area contributed by atoms with Crippen molar-refractivity contribution in [3.8, 4) is 11.8 Å². The zero-order valence-corrected chi connectivity index (χ0v) is 17.8. The van der Waals surface area contributed by atoms with Crippen molar-refractivity contribution >= 4 is 29.9 Å². The highest BCUT2D eigenvalue weighted by atomic mass is 127. The number of ether oxygens (including phenoxy) is 1. The number of halogens is 1. The topological polar surface area (TPSA) is 69.4 Å². The number of guanidine groups is 1. The van der Waals surface area contributed by atoms with Gasteiger partial charge in [0.05, 0.1) is 18.2 Å². The summed E-state index contributed by atoms with van der Waals surface area (Å²) in [5, 5.41) is 15.6. The molecule has 0 saturated heterocycles. The van der Waals surface area contributed by atoms with Crippen molar-refractivity contribution in [2.45, 2.75) is 25.9 Å². The van der Waals surface area contributed by atoms with Crippen LogP contribution in [-0.4, -0.2) is 19.6 Å². The molecule has 0 radical (unpaired) electrons. The van der Waals surface area contributed by atoms with Crippen molar-refractivity contribution in [2.24, 2.45) is 10.9 Å². The van der Waals surface area contributed by atoms with Crippen LogP contribution in [0.25, 0.3) is 0 Å². The van der Waals surface area contributed by atoms with Gasteiger partial charge in [0.15, 0.2) is 5.96 Å². The molecule has 3 rings (SSSR count). The Hall–Kier alpha value is -2.27. The molecule has 1 saturated carbocycles. The molecule has 2 aromatic carbocycles. The van der Waals surface area contributed by atoms with Crippen LogP contribution in [0.15, 0.2) is 53.5 Å². The fourth-order valence-electron chi connectivity index (χ4n) is 2.62. The Morgan fingerprint density at radius 3 is 2.67 bits per heavy atom. The molecular weight excluding hydrogens is 451 g/mol. The molecule has 0 unspecified atom stereocenters. The summed E-state index contributed by atoms with van der Waals surface area (Å²) in [6.45, 7) is 2.05. The van der Waals surface area contributed by atoms with E-state index in [1.54, 1.807) is 13.1 Å². The second kappa shape index (κ2) is 10.8. The van der Waals surface area contributed by atoms with Gasteiger partial charge in [0.25, 0.3) is 0 Å². The third-order valence-electron chi connectivity index (χ3n) is 4.33. The molecule has 0 heterocycles. The molecule has 0 atom stereocenters. The Kier molecular flexibility index (Phi) is 8.40. The van der Waals surface area contributed by atoms with Crippen molar-refractivity contribution in [1.29, 1.82) is 5.26 Å². The third kappa shape index (κ3) is 6.75. The number of nitrogens with zero attached hydrogens (tertiary/aromatic N) is 2. The van der Waals surface area contributed by atoms with E-state index >= 15 is 0 Å². The second-order valence-corrected chi connectivity index (χ2v) is 6.45. The molecule has 0 spiro atoms. The largest absolute Gasteiger partial charge is 0.493 e. The van der Waals surface area contributed by atoms with Gasteiger partial charge < -0.3 is 15.4 Å². The molecular formula is C21H25IN4O. The molecule has 0 aliphatic heterocycles. The van der Waals surface area contributed by atoms with Crippen LogP contribution in [0.2, 0.25) is 0 Å². The second-order valence-electron chi connectivity index (χ2n) is 6.45. The molecule has 1 aliphatic carbocycles. The molecule has 1 fully saturated rings. The van der Waals surface area contributed by atoms with Gasteiger partial charge in [-0.05, 0) is 42.5 Å². The number of nitrogens with one attached hydrogen (secondary N) is 2. The van der Waals surface area contributed by atoms with Gasteiger partial charge in [-0.15, -0.1) is 24.0 Å². The van der Waals surface area contributed by atoms with E-state index in [1.807, 2.05) is 36.4 Å². The molecule has 0 amide bonds. The molecule has 5 nitrogen and oxygen atoms in total. The molecule has 0 aromatic heterocycles. The highest BCUT2D eigenvalue weighted by Crippen LogP contribution is 2.30. The number of nitriles is 1. The number of hydrogen-bond donors (Lipinski definition) is 2. The van der Waals surface area contributed by atoms with Crippen LogP contribution in [0.5, 0.6) is 5.75 Å². The Morgan fingerprint density at radius 2 is 1.93 bits per heavy atom. The summed E-state index contributed by atoms with van der Waals surface area (Å²) in [5.74, 6) is 2.38. The van der Waals surface area contributed by atoms with E-state index in [0.29, 0.717) is 24.6 Å². The summed E-state index contributed by atoms with van der Waals surface area (Å²) in [7, 11) is 1.75. The highest BCUT2D eigenvalue weighted by molar-refractivity contribution is 14.0. The molecule has 2 aromatic rings. The van der Waals surface area contributed by atoms with E-state index in [1.165, 1.54) is 12.8 Å². The van der Waals surface area contributed by atoms with Gasteiger partial charge >= 0.3 is 0 Å². The first kappa shape index (κ1) is 21.0. The Labute approximate surface area is 177 Å². The summed E-state index contributed by atoms with van der Waals surface area (Å²) in [6.07, 6.45) is 2.56. The van der Waals surface area contributed by atoms with E-state index in [2.05, 4.69) is 27.8 Å². The molecule has 0 bridgehead atoms. The number of benzene rings is 2. The summed E-state index contributed by atoms with van der Waals surface area (Å²) in [4.78, 5) is 4.26. The van der Waals surface area contributed by atoms with Gasteiger partial charge in [-0.25, -0.2) is 0 Å². The lowest BCUT2D eigenvalue weighted by Gasteiger charge is -2.15. The van der Waals surface area contributed by atoms with E-state index < -0.39 is 0 Å². The molecule has 1 aliphatic rings. The van der Waals surface area contributed by atoms with Crippen LogP contribution >= 0.6 is 24.0 Å². The SMILES string of the molecule is CN=C(NCc1cccc(C#N)c1)NCc1ccccc1OCC1CC1.I. The van der Waals surface area contributed by atoms with Gasteiger partial charge in [0.2, 0.25) is 0 Å². The predicted octanol–water partition coefficient (Wildman–Crippen LogP) is 3.83. The van der Waals surface area contributed by atoms with Crippen molar-refractivity contribution in [1.82, 2.24) is 10.6 Å². The van der Waals surface area contributed by atoms with Crippen LogP contribution in [-0.2, 0) is 13.1 Å². The quantitative estimate of drug-likeness (QED) is 0.362. The molecule has 142 valence electrons. The summed E-state index contributed by atoms with van der Waals surface area (Å²) in [6, 6.07) is 17.8. The van der Waals surface area contributed by atoms with Crippen molar-refractivity contribution in [3.63, 3.8) is 0 Å². The van der Waals surface area contributed by atoms with Crippen LogP contribution in [0.4, 0.5) is 0 Å². The summed E-state index contributed by atoms with van der Waals surface area (Å²) >= 11 is 0. The van der Waals surface area contributed by atoms with E-state index in [9.17, 15) is 0 Å². The van der Waals surface area contributed by atoms with E-state index in [4.69, 9.17) is 10.00 Å². The highest BCUT2D eigenvalue weighted by Gasteiger charge is 2.22. The van der Waals surface area contributed by atoms with Crippen LogP contribution in [0.3, 0.4) is 0 Å². The fraction of sp³-hybridized carbons (Fsp3) is 0.333. The van der Waals surface area contributed by atoms with Gasteiger partial charge in [0.1, 0.15) is 5.75 Å². The van der Waals surface area contributed by atoms with Crippen molar-refractivity contribution in [2.75, 3.05) is 13.7 Å². The number of para-hydroxylation sites is 1. The zero-order valence-electron chi connectivity index (χ0n) is 15.4. The van der Waals surface area contributed by atoms with Gasteiger partial charge in [0, 0.05) is 25.7 Å². The van der Waals surface area contributed by atoms with Gasteiger partial charge in [-0.2, -0.15) is 5.26 Å². The van der Waals surface area contributed by atoms with E-state index in [-0.39, 0.29) is 24.0 Å². The molecule has 6 heteroatoms. The van der Waals surface area contributed by atoms with Crippen LogP contribution in [0.1, 0.15) is 29.5 Å². The number of hydrogen-bond acceptors (Lipinski definition) is 3. The minimum Gasteiger partial charge on any atom is -0.493 e. The standard InChI is InChI=1S/C21H24N4O.HI/c1-23-21(24-13-18-6-4-5-17(11-18)12-22)25-14-19-7-2-3-8-20(19)26-15-16-9-10-16;/h2-8,11,16H,9-10,13-15H2,1H3,(H2,23,24,25);1H. The Bertz CT molecular complexity index is 812. The number of aliphatic imine (C=N–C) groups is 1. The Balaban J connectivity index is 0.00000261. The van der Waals surface area contributed by atoms with Crippen LogP contribution in [0, 0.1) is 17.2 Å². The average molecular weight is 476 g/mol. The zero-order chi connectivity index (χ0) is 18.2. The third-order valence-corrected chi connectivity index (χ3v) is 4.33. The fourth-order valence-corrected chi connectivity index (χ4v) is 2.62. The maximum Gasteiger partial charge on any atom is 0.191 e. The predicted molar refractivity (Wildman–Crippen MR) is 118 cm³/mol. The molecule has 2 N–H and O–H groups in total. The lowest BCUT2D eigenvalue weighted by atomic mass is 10.1. The monoisotopic (exact) mass is 476 g/mol. The minimum atomic E-state index is 0. The number of rotatable bonds is 7. The van der Waals surface area contributed by atoms with Gasteiger partial charge in [-0.3, -0.25) is 4.99 Å². The maximum absolute atomic E-state index is 8.99. The van der Waals surface area contributed by atoms with Crippen molar-refractivity contribution in [3.05, 3.63) is 65.2 Å². The smallest absolute Gasteiger partial charge is 0.191 e. The van der Waals surface area contributed by atoms with Gasteiger partial charge in [-0.1, -0.05) is 30.3 Å². The first-order valence-electron chi connectivity index (χ1n) is 8.92. The Morgan fingerprint density at radius 1 is 1.15 bits per heavy atom. The minimum absolute atomic E-state index is 0. The maximum atomic E-state index is 8.99. The summed E-state index contributed by atoms with van der Waals surface area (Å²) < 4.78 is 5.95. The molecule has 27 heavy (non-hydrogen) atoms. The average Bonchev–Trinajstić information content (AvgIpc) is 3.52. The summed E-state index contributed by atoms with van der Waals surface area (Å²) in [5.41, 5.74) is 2.82. The van der Waals surface area contributed by atoms with Crippen LogP contribution < -0.4 is 15.4 Å². The van der Waals surface area contributed by atoms with Crippen molar-refractivity contribution < 1.29 is 4.74 Å². The van der Waals surface area contributed by atoms with E-state index in [0.717, 1.165) is 29.4 Å². The normalized spacial score (nSPS) is 13.3. The lowest BCUT2D eigenvalue weighted by molar-refractivity contribution is 0.296. The lowest BCUT2D eigenvalue weighted by Crippen LogP contribution is -2.36. The first-order valence-corrected chi connectivity index (χ1v) is 8.92. The first-order chi connectivity index (χ1) is 12.8.